The van der Waals surface area contributed by atoms with Crippen LogP contribution in [-0.4, -0.2) is 53.5 Å². The molecule has 0 aliphatic rings. The van der Waals surface area contributed by atoms with Crippen LogP contribution in [0, 0.1) is 71.9 Å². The number of non-ortho nitro benzene ring substituents is 3. The zero-order chi connectivity index (χ0) is 48.1. The first-order valence-corrected chi connectivity index (χ1v) is 19.3. The first-order chi connectivity index (χ1) is 30.8. The molecule has 0 bridgehead atoms. The van der Waals surface area contributed by atoms with Gasteiger partial charge < -0.3 is 33.5 Å². The van der Waals surface area contributed by atoms with Crippen molar-refractivity contribution in [1.82, 2.24) is 0 Å². The lowest BCUT2D eigenvalue weighted by molar-refractivity contribution is -0.385. The molecule has 1 N–H and O–H groups in total. The monoisotopic (exact) mass is 891 g/mol. The van der Waals surface area contributed by atoms with Crippen LogP contribution >= 0.6 is 0 Å². The summed E-state index contributed by atoms with van der Waals surface area (Å²) in [6, 6.07) is 25.2. The zero-order valence-electron chi connectivity index (χ0n) is 36.8. The van der Waals surface area contributed by atoms with Gasteiger partial charge in [-0.2, -0.15) is 0 Å². The van der Waals surface area contributed by atoms with E-state index in [1.165, 1.54) is 62.8 Å². The highest BCUT2D eigenvalue weighted by Crippen LogP contribution is 2.36. The SMILES string of the molecule is COc1ccc(Oc2c(C)cc([N+](=O)[O-])cc2C)cc1.COc1ccc(Oc2c(C)cc([N+](=O)[O-])cc2C)cc1C(=O)O.COc1ccc(Oc2c(C)cc([N+](=O)[O-])cc2C)cc1C=O. The van der Waals surface area contributed by atoms with Crippen molar-refractivity contribution in [3.63, 3.8) is 0 Å². The van der Waals surface area contributed by atoms with Crippen molar-refractivity contribution in [2.75, 3.05) is 21.3 Å². The first kappa shape index (κ1) is 49.1. The summed E-state index contributed by atoms with van der Waals surface area (Å²) in [7, 11) is 4.46. The average Bonchev–Trinajstić information content (AvgIpc) is 3.27. The van der Waals surface area contributed by atoms with Crippen LogP contribution in [0.2, 0.25) is 0 Å². The number of nitrogens with zero attached hydrogens (tertiary/aromatic N) is 3. The van der Waals surface area contributed by atoms with Gasteiger partial charge in [0.2, 0.25) is 0 Å². The molecule has 6 rings (SSSR count). The third-order valence-corrected chi connectivity index (χ3v) is 9.42. The van der Waals surface area contributed by atoms with Crippen LogP contribution in [-0.2, 0) is 0 Å². The first-order valence-electron chi connectivity index (χ1n) is 19.3. The van der Waals surface area contributed by atoms with Crippen LogP contribution in [0.4, 0.5) is 17.1 Å². The van der Waals surface area contributed by atoms with Gasteiger partial charge in [-0.3, -0.25) is 35.1 Å². The number of carboxylic acids is 1. The molecule has 0 spiro atoms. The van der Waals surface area contributed by atoms with Crippen molar-refractivity contribution in [3.8, 4) is 51.7 Å². The molecule has 0 aliphatic heterocycles. The largest absolute Gasteiger partial charge is 0.497 e. The number of ether oxygens (including phenoxy) is 6. The lowest BCUT2D eigenvalue weighted by atomic mass is 10.1. The summed E-state index contributed by atoms with van der Waals surface area (Å²) in [5, 5.41) is 41.7. The summed E-state index contributed by atoms with van der Waals surface area (Å²) in [6.45, 7) is 10.4. The molecule has 0 aliphatic carbocycles. The van der Waals surface area contributed by atoms with Gasteiger partial charge >= 0.3 is 5.97 Å². The number of rotatable bonds is 14. The van der Waals surface area contributed by atoms with Crippen molar-refractivity contribution in [2.45, 2.75) is 41.5 Å². The van der Waals surface area contributed by atoms with Gasteiger partial charge in [-0.05, 0) is 136 Å². The molecule has 0 atom stereocenters. The Hall–Kier alpha value is -8.54. The number of hydrogen-bond donors (Lipinski definition) is 1. The van der Waals surface area contributed by atoms with Crippen molar-refractivity contribution in [1.29, 1.82) is 0 Å². The number of aryl methyl sites for hydroxylation is 6. The van der Waals surface area contributed by atoms with Gasteiger partial charge in [0, 0.05) is 36.4 Å². The number of nitro groups is 3. The van der Waals surface area contributed by atoms with Crippen LogP contribution in [0.5, 0.6) is 51.7 Å². The molecule has 18 nitrogen and oxygen atoms in total. The van der Waals surface area contributed by atoms with Crippen molar-refractivity contribution in [3.05, 3.63) is 172 Å². The van der Waals surface area contributed by atoms with E-state index >= 15 is 0 Å². The fourth-order valence-electron chi connectivity index (χ4n) is 6.36. The molecule has 65 heavy (non-hydrogen) atoms. The summed E-state index contributed by atoms with van der Waals surface area (Å²) in [6.07, 6.45) is 0.682. The zero-order valence-corrected chi connectivity index (χ0v) is 36.8. The van der Waals surface area contributed by atoms with E-state index in [1.54, 1.807) is 97.2 Å². The second-order valence-electron chi connectivity index (χ2n) is 14.2. The Bertz CT molecular complexity index is 2680. The van der Waals surface area contributed by atoms with Gasteiger partial charge in [0.25, 0.3) is 17.1 Å². The minimum Gasteiger partial charge on any atom is -0.497 e. The van der Waals surface area contributed by atoms with Gasteiger partial charge in [-0.25, -0.2) is 4.79 Å². The molecule has 0 fully saturated rings. The van der Waals surface area contributed by atoms with E-state index in [9.17, 15) is 45.0 Å². The summed E-state index contributed by atoms with van der Waals surface area (Å²) < 4.78 is 32.4. The molecule has 6 aromatic carbocycles. The number of hydrogen-bond acceptors (Lipinski definition) is 14. The molecule has 6 aromatic rings. The third kappa shape index (κ3) is 12.8. The second kappa shape index (κ2) is 22.0. The third-order valence-electron chi connectivity index (χ3n) is 9.42. The lowest BCUT2D eigenvalue weighted by Crippen LogP contribution is -2.01. The molecule has 18 heteroatoms. The summed E-state index contributed by atoms with van der Waals surface area (Å²) in [5.74, 6) is 3.35. The molecule has 0 saturated heterocycles. The van der Waals surface area contributed by atoms with Gasteiger partial charge in [0.15, 0.2) is 6.29 Å². The van der Waals surface area contributed by atoms with Gasteiger partial charge in [0.05, 0.1) is 41.7 Å². The topological polar surface area (TPSA) is 239 Å². The molecule has 0 aromatic heterocycles. The molecular weight excluding hydrogens is 847 g/mol. The van der Waals surface area contributed by atoms with Crippen LogP contribution in [0.3, 0.4) is 0 Å². The molecule has 0 unspecified atom stereocenters. The van der Waals surface area contributed by atoms with E-state index in [2.05, 4.69) is 0 Å². The number of carboxylic acid groups (broad SMARTS) is 1. The fourth-order valence-corrected chi connectivity index (χ4v) is 6.36. The number of methoxy groups -OCH3 is 3. The molecule has 0 radical (unpaired) electrons. The highest BCUT2D eigenvalue weighted by molar-refractivity contribution is 5.91. The Morgan fingerprint density at radius 2 is 0.800 bits per heavy atom. The van der Waals surface area contributed by atoms with E-state index in [0.29, 0.717) is 74.4 Å². The maximum atomic E-state index is 11.2. The van der Waals surface area contributed by atoms with E-state index in [0.717, 1.165) is 16.9 Å². The Labute approximate surface area is 373 Å². The Morgan fingerprint density at radius 3 is 1.12 bits per heavy atom. The smallest absolute Gasteiger partial charge is 0.339 e. The standard InChI is InChI=1S/C16H15NO6.C16H15NO5.C15H15NO4/c1-9-6-11(17(20)21)7-10(2)15(9)23-12-4-5-14(22-3)13(8-12)16(18)19;1-10-6-13(17(19)20)7-11(2)16(10)22-14-4-5-15(21-3)12(8-14)9-18;1-10-8-12(16(17)18)9-11(2)15(10)20-14-6-4-13(19-3)5-7-14/h4-8H,1-3H3,(H,18,19);4-9H,1-3H3;4-9H,1-3H3. The number of benzene rings is 6. The minimum atomic E-state index is -1.13. The summed E-state index contributed by atoms with van der Waals surface area (Å²) in [4.78, 5) is 53.4. The maximum absolute atomic E-state index is 11.2. The van der Waals surface area contributed by atoms with E-state index in [4.69, 9.17) is 28.4 Å². The number of aldehydes is 1. The average molecular weight is 892 g/mol. The quantitative estimate of drug-likeness (QED) is 0.0607. The minimum absolute atomic E-state index is 0.0191. The van der Waals surface area contributed by atoms with Gasteiger partial charge in [0.1, 0.15) is 57.3 Å². The summed E-state index contributed by atoms with van der Waals surface area (Å²) in [5.41, 5.74) is 4.35. The highest BCUT2D eigenvalue weighted by Gasteiger charge is 2.18. The van der Waals surface area contributed by atoms with E-state index in [-0.39, 0.29) is 28.4 Å². The van der Waals surface area contributed by atoms with Crippen LogP contribution in [0.25, 0.3) is 0 Å². The molecule has 0 saturated carbocycles. The van der Waals surface area contributed by atoms with E-state index < -0.39 is 20.7 Å². The van der Waals surface area contributed by atoms with Crippen molar-refractivity contribution < 1.29 is 57.9 Å². The number of carbonyl (C=O) groups excluding carboxylic acids is 1. The van der Waals surface area contributed by atoms with Gasteiger partial charge in [-0.1, -0.05) is 0 Å². The Balaban J connectivity index is 0.000000214. The maximum Gasteiger partial charge on any atom is 0.339 e. The molecular formula is C47H45N3O15. The highest BCUT2D eigenvalue weighted by atomic mass is 16.6. The van der Waals surface area contributed by atoms with Crippen molar-refractivity contribution in [2.24, 2.45) is 0 Å². The number of nitro benzene ring substituents is 3. The number of carbonyl (C=O) groups is 2. The second-order valence-corrected chi connectivity index (χ2v) is 14.2. The Morgan fingerprint density at radius 1 is 0.477 bits per heavy atom. The van der Waals surface area contributed by atoms with Crippen LogP contribution in [0.15, 0.2) is 97.1 Å². The number of aromatic carboxylic acids is 1. The molecule has 0 amide bonds. The van der Waals surface area contributed by atoms with Crippen LogP contribution in [0.1, 0.15) is 54.1 Å². The van der Waals surface area contributed by atoms with Crippen molar-refractivity contribution >= 4 is 29.3 Å². The Kier molecular flexibility index (Phi) is 16.6. The normalized spacial score (nSPS) is 10.2. The predicted molar refractivity (Wildman–Crippen MR) is 239 cm³/mol. The van der Waals surface area contributed by atoms with Gasteiger partial charge in [-0.15, -0.1) is 0 Å². The molecule has 0 heterocycles. The molecule has 338 valence electrons. The fraction of sp³-hybridized carbons (Fsp3) is 0.191. The van der Waals surface area contributed by atoms with E-state index in [1.807, 2.05) is 0 Å². The summed E-state index contributed by atoms with van der Waals surface area (Å²) >= 11 is 0. The lowest BCUT2D eigenvalue weighted by Gasteiger charge is -2.13. The predicted octanol–water partition coefficient (Wildman–Crippen LogP) is 11.5. The van der Waals surface area contributed by atoms with Crippen LogP contribution < -0.4 is 28.4 Å².